The zero-order valence-electron chi connectivity index (χ0n) is 14.7. The Morgan fingerprint density at radius 2 is 1.96 bits per heavy atom. The normalized spacial score (nSPS) is 18.1. The minimum Gasteiger partial charge on any atom is -0.321 e. The lowest BCUT2D eigenvalue weighted by Gasteiger charge is -2.33. The van der Waals surface area contributed by atoms with Gasteiger partial charge in [0, 0.05) is 31.4 Å². The molecule has 6 nitrogen and oxygen atoms in total. The lowest BCUT2D eigenvalue weighted by molar-refractivity contribution is 0.102. The first kappa shape index (κ1) is 17.4. The van der Waals surface area contributed by atoms with Crippen molar-refractivity contribution in [3.63, 3.8) is 0 Å². The molecule has 25 heavy (non-hydrogen) atoms. The second-order valence-corrected chi connectivity index (χ2v) is 6.65. The number of nitrogens with one attached hydrogen (secondary N) is 1. The molecule has 2 heterocycles. The number of amides is 1. The van der Waals surface area contributed by atoms with Gasteiger partial charge in [-0.3, -0.25) is 14.5 Å². The Labute approximate surface area is 147 Å². The van der Waals surface area contributed by atoms with Crippen molar-refractivity contribution in [1.82, 2.24) is 14.7 Å². The molecule has 0 radical (unpaired) electrons. The summed E-state index contributed by atoms with van der Waals surface area (Å²) < 4.78 is 1.15. The average Bonchev–Trinajstić information content (AvgIpc) is 2.61. The van der Waals surface area contributed by atoms with Gasteiger partial charge >= 0.3 is 0 Å². The molecular formula is C19H24N4O2. The average molecular weight is 340 g/mol. The molecular weight excluding hydrogens is 316 g/mol. The van der Waals surface area contributed by atoms with Gasteiger partial charge in [0.1, 0.15) is 5.69 Å². The molecule has 0 unspecified atom stereocenters. The van der Waals surface area contributed by atoms with E-state index in [2.05, 4.69) is 22.2 Å². The van der Waals surface area contributed by atoms with Gasteiger partial charge in [-0.05, 0) is 50.1 Å². The number of likely N-dealkylation sites (tertiary alicyclic amines) is 1. The number of hydrogen-bond acceptors (Lipinski definition) is 4. The summed E-state index contributed by atoms with van der Waals surface area (Å²) in [5.41, 5.74) is 1.93. The molecule has 1 aromatic heterocycles. The highest BCUT2D eigenvalue weighted by molar-refractivity contribution is 6.02. The van der Waals surface area contributed by atoms with E-state index in [0.717, 1.165) is 23.5 Å². The van der Waals surface area contributed by atoms with Crippen LogP contribution in [0.4, 0.5) is 5.69 Å². The van der Waals surface area contributed by atoms with Gasteiger partial charge in [0.25, 0.3) is 11.5 Å². The van der Waals surface area contributed by atoms with Crippen LogP contribution in [-0.4, -0.2) is 33.2 Å². The molecule has 1 amide bonds. The molecule has 0 spiro atoms. The highest BCUT2D eigenvalue weighted by Crippen LogP contribution is 2.20. The van der Waals surface area contributed by atoms with E-state index in [0.29, 0.717) is 6.04 Å². The van der Waals surface area contributed by atoms with Crippen molar-refractivity contribution in [3.05, 3.63) is 58.0 Å². The Kier molecular flexibility index (Phi) is 5.28. The van der Waals surface area contributed by atoms with Crippen molar-refractivity contribution in [2.75, 3.05) is 11.9 Å². The van der Waals surface area contributed by atoms with Crippen molar-refractivity contribution in [2.45, 2.75) is 38.8 Å². The standard InChI is InChI=1S/C19H24N4O2/c1-14-5-3-4-12-23(14)13-15-6-8-16(9-7-15)20-19(25)17-10-11-18(24)22(2)21-17/h6-11,14H,3-5,12-13H2,1-2H3,(H,20,25)/t14-/m1/s1. The summed E-state index contributed by atoms with van der Waals surface area (Å²) in [6, 6.07) is 11.3. The van der Waals surface area contributed by atoms with Gasteiger partial charge < -0.3 is 5.32 Å². The zero-order chi connectivity index (χ0) is 17.8. The number of nitrogens with zero attached hydrogens (tertiary/aromatic N) is 3. The van der Waals surface area contributed by atoms with Crippen LogP contribution in [0, 0.1) is 0 Å². The van der Waals surface area contributed by atoms with Crippen LogP contribution in [0.5, 0.6) is 0 Å². The summed E-state index contributed by atoms with van der Waals surface area (Å²) in [5, 5.41) is 6.77. The van der Waals surface area contributed by atoms with Crippen LogP contribution in [0.25, 0.3) is 0 Å². The van der Waals surface area contributed by atoms with Crippen LogP contribution in [-0.2, 0) is 13.6 Å². The Morgan fingerprint density at radius 3 is 2.64 bits per heavy atom. The molecule has 0 saturated carbocycles. The van der Waals surface area contributed by atoms with E-state index >= 15 is 0 Å². The highest BCUT2D eigenvalue weighted by atomic mass is 16.2. The van der Waals surface area contributed by atoms with Crippen molar-refractivity contribution < 1.29 is 4.79 Å². The largest absolute Gasteiger partial charge is 0.321 e. The summed E-state index contributed by atoms with van der Waals surface area (Å²) in [6.07, 6.45) is 3.85. The molecule has 1 aromatic carbocycles. The van der Waals surface area contributed by atoms with E-state index in [9.17, 15) is 9.59 Å². The lowest BCUT2D eigenvalue weighted by Crippen LogP contribution is -2.36. The second-order valence-electron chi connectivity index (χ2n) is 6.65. The molecule has 0 aliphatic carbocycles. The van der Waals surface area contributed by atoms with E-state index < -0.39 is 0 Å². The molecule has 3 rings (SSSR count). The Bertz CT molecular complexity index is 798. The minimum absolute atomic E-state index is 0.216. The van der Waals surface area contributed by atoms with Gasteiger partial charge in [0.15, 0.2) is 0 Å². The molecule has 2 aromatic rings. The van der Waals surface area contributed by atoms with Crippen LogP contribution < -0.4 is 10.9 Å². The van der Waals surface area contributed by atoms with Crippen LogP contribution >= 0.6 is 0 Å². The number of piperidine rings is 1. The van der Waals surface area contributed by atoms with Gasteiger partial charge in [0.05, 0.1) is 0 Å². The topological polar surface area (TPSA) is 67.2 Å². The zero-order valence-corrected chi connectivity index (χ0v) is 14.7. The second kappa shape index (κ2) is 7.61. The monoisotopic (exact) mass is 340 g/mol. The fourth-order valence-corrected chi connectivity index (χ4v) is 3.14. The molecule has 1 atom stereocenters. The van der Waals surface area contributed by atoms with Gasteiger partial charge in [0.2, 0.25) is 0 Å². The molecule has 1 fully saturated rings. The smallest absolute Gasteiger partial charge is 0.276 e. The fraction of sp³-hybridized carbons (Fsp3) is 0.421. The quantitative estimate of drug-likeness (QED) is 0.928. The molecule has 1 aliphatic rings. The van der Waals surface area contributed by atoms with Gasteiger partial charge in [-0.25, -0.2) is 4.68 Å². The van der Waals surface area contributed by atoms with Crippen LogP contribution in [0.3, 0.4) is 0 Å². The van der Waals surface area contributed by atoms with E-state index in [-0.39, 0.29) is 17.2 Å². The molecule has 1 saturated heterocycles. The maximum atomic E-state index is 12.2. The first-order chi connectivity index (χ1) is 12.0. The molecule has 1 aliphatic heterocycles. The third-order valence-corrected chi connectivity index (χ3v) is 4.73. The highest BCUT2D eigenvalue weighted by Gasteiger charge is 2.18. The van der Waals surface area contributed by atoms with Crippen molar-refractivity contribution >= 4 is 11.6 Å². The van der Waals surface area contributed by atoms with E-state index in [1.54, 1.807) is 0 Å². The van der Waals surface area contributed by atoms with Crippen molar-refractivity contribution in [1.29, 1.82) is 0 Å². The Hall–Kier alpha value is -2.47. The maximum Gasteiger partial charge on any atom is 0.276 e. The van der Waals surface area contributed by atoms with Crippen molar-refractivity contribution in [2.24, 2.45) is 7.05 Å². The number of aryl methyl sites for hydroxylation is 1. The summed E-state index contributed by atoms with van der Waals surface area (Å²) in [6.45, 7) is 4.38. The number of hydrogen-bond donors (Lipinski definition) is 1. The Morgan fingerprint density at radius 1 is 1.20 bits per heavy atom. The predicted octanol–water partition coefficient (Wildman–Crippen LogP) is 2.41. The van der Waals surface area contributed by atoms with Gasteiger partial charge in [-0.2, -0.15) is 5.10 Å². The number of carbonyl (C=O) groups is 1. The number of benzene rings is 1. The number of anilines is 1. The lowest BCUT2D eigenvalue weighted by atomic mass is 10.0. The summed E-state index contributed by atoms with van der Waals surface area (Å²) in [5.74, 6) is -0.326. The van der Waals surface area contributed by atoms with Crippen LogP contribution in [0.2, 0.25) is 0 Å². The molecule has 132 valence electrons. The summed E-state index contributed by atoms with van der Waals surface area (Å²) >= 11 is 0. The SMILES string of the molecule is C[C@@H]1CCCCN1Cc1ccc(NC(=O)c2ccc(=O)n(C)n2)cc1. The van der Waals surface area contributed by atoms with E-state index in [1.165, 1.54) is 44.0 Å². The van der Waals surface area contributed by atoms with Crippen LogP contribution in [0.15, 0.2) is 41.2 Å². The molecule has 6 heteroatoms. The first-order valence-corrected chi connectivity index (χ1v) is 8.71. The number of aromatic nitrogens is 2. The number of rotatable bonds is 4. The molecule has 1 N–H and O–H groups in total. The third kappa shape index (κ3) is 4.33. The molecule has 0 bridgehead atoms. The summed E-state index contributed by atoms with van der Waals surface area (Å²) in [7, 11) is 1.52. The van der Waals surface area contributed by atoms with E-state index in [1.807, 2.05) is 24.3 Å². The summed E-state index contributed by atoms with van der Waals surface area (Å²) in [4.78, 5) is 26.1. The van der Waals surface area contributed by atoms with E-state index in [4.69, 9.17) is 0 Å². The van der Waals surface area contributed by atoms with Crippen LogP contribution in [0.1, 0.15) is 42.2 Å². The van der Waals surface area contributed by atoms with Gasteiger partial charge in [-0.15, -0.1) is 0 Å². The van der Waals surface area contributed by atoms with Gasteiger partial charge in [-0.1, -0.05) is 18.6 Å². The fourth-order valence-electron chi connectivity index (χ4n) is 3.14. The third-order valence-electron chi connectivity index (χ3n) is 4.73. The minimum atomic E-state index is -0.326. The Balaban J connectivity index is 1.62. The predicted molar refractivity (Wildman–Crippen MR) is 97.6 cm³/mol. The number of carbonyl (C=O) groups excluding carboxylic acids is 1. The van der Waals surface area contributed by atoms with Crippen molar-refractivity contribution in [3.8, 4) is 0 Å². The first-order valence-electron chi connectivity index (χ1n) is 8.71. The maximum absolute atomic E-state index is 12.2.